The van der Waals surface area contributed by atoms with Gasteiger partial charge in [-0.3, -0.25) is 4.79 Å². The fourth-order valence-electron chi connectivity index (χ4n) is 1.03. The minimum atomic E-state index is 0.0354. The molecule has 1 aromatic rings. The number of rotatable bonds is 6. The molecule has 0 radical (unpaired) electrons. The number of hydrogen-bond acceptors (Lipinski definition) is 5. The van der Waals surface area contributed by atoms with Gasteiger partial charge in [0.15, 0.2) is 0 Å². The summed E-state index contributed by atoms with van der Waals surface area (Å²) in [6, 6.07) is 0. The monoisotopic (exact) mass is 242 g/mol. The van der Waals surface area contributed by atoms with Gasteiger partial charge >= 0.3 is 0 Å². The molecule has 0 aromatic carbocycles. The van der Waals surface area contributed by atoms with Crippen molar-refractivity contribution in [1.82, 2.24) is 14.7 Å². The fourth-order valence-corrected chi connectivity index (χ4v) is 1.70. The molecule has 1 amide bonds. The number of hydrogen-bond donors (Lipinski definition) is 2. The number of aromatic nitrogens is 2. The lowest BCUT2D eigenvalue weighted by molar-refractivity contribution is -0.123. The van der Waals surface area contributed by atoms with Gasteiger partial charge < -0.3 is 10.6 Å². The van der Waals surface area contributed by atoms with Crippen LogP contribution >= 0.6 is 11.5 Å². The van der Waals surface area contributed by atoms with E-state index < -0.39 is 0 Å². The molecule has 0 unspecified atom stereocenters. The quantitative estimate of drug-likeness (QED) is 0.738. The van der Waals surface area contributed by atoms with Gasteiger partial charge in [0.1, 0.15) is 5.82 Å². The lowest BCUT2D eigenvalue weighted by Crippen LogP contribution is -2.31. The molecule has 2 N–H and O–H groups in total. The van der Waals surface area contributed by atoms with E-state index in [2.05, 4.69) is 20.0 Å². The van der Waals surface area contributed by atoms with Gasteiger partial charge in [-0.2, -0.15) is 4.37 Å². The topological polar surface area (TPSA) is 66.9 Å². The number of amides is 1. The van der Waals surface area contributed by atoms with Crippen LogP contribution in [0.25, 0.3) is 0 Å². The number of nitrogens with zero attached hydrogens (tertiary/aromatic N) is 2. The van der Waals surface area contributed by atoms with Gasteiger partial charge in [0, 0.05) is 37.0 Å². The van der Waals surface area contributed by atoms with Crippen molar-refractivity contribution in [3.05, 3.63) is 5.82 Å². The van der Waals surface area contributed by atoms with Crippen molar-refractivity contribution in [3.63, 3.8) is 0 Å². The van der Waals surface area contributed by atoms with Crippen LogP contribution < -0.4 is 10.6 Å². The smallest absolute Gasteiger partial charge is 0.222 e. The summed E-state index contributed by atoms with van der Waals surface area (Å²) in [6.07, 6.45) is 0.849. The van der Waals surface area contributed by atoms with Crippen molar-refractivity contribution in [2.24, 2.45) is 5.92 Å². The van der Waals surface area contributed by atoms with E-state index in [9.17, 15) is 4.79 Å². The first-order valence-electron chi connectivity index (χ1n) is 5.47. The van der Waals surface area contributed by atoms with Crippen molar-refractivity contribution >= 4 is 22.6 Å². The molecule has 0 spiro atoms. The van der Waals surface area contributed by atoms with E-state index in [1.165, 1.54) is 11.5 Å². The summed E-state index contributed by atoms with van der Waals surface area (Å²) in [4.78, 5) is 15.5. The lowest BCUT2D eigenvalue weighted by atomic mass is 10.2. The third-order valence-corrected chi connectivity index (χ3v) is 2.72. The summed E-state index contributed by atoms with van der Waals surface area (Å²) < 4.78 is 4.16. The molecule has 1 heterocycles. The summed E-state index contributed by atoms with van der Waals surface area (Å²) in [5.74, 6) is 0.972. The zero-order valence-electron chi connectivity index (χ0n) is 9.91. The van der Waals surface area contributed by atoms with Gasteiger partial charge in [-0.25, -0.2) is 4.98 Å². The van der Waals surface area contributed by atoms with E-state index in [1.54, 1.807) is 0 Å². The number of carbonyl (C=O) groups excluding carboxylic acids is 1. The van der Waals surface area contributed by atoms with Crippen LogP contribution in [0.15, 0.2) is 0 Å². The normalized spacial score (nSPS) is 10.5. The van der Waals surface area contributed by atoms with Crippen molar-refractivity contribution in [3.8, 4) is 0 Å². The first-order valence-corrected chi connectivity index (χ1v) is 6.25. The number of nitrogens with one attached hydrogen (secondary N) is 2. The minimum absolute atomic E-state index is 0.0354. The molecule has 0 aliphatic heterocycles. The molecule has 0 bridgehead atoms. The predicted molar refractivity (Wildman–Crippen MR) is 65.6 cm³/mol. The Morgan fingerprint density at radius 2 is 2.19 bits per heavy atom. The highest BCUT2D eigenvalue weighted by Crippen LogP contribution is 2.10. The zero-order chi connectivity index (χ0) is 12.0. The van der Waals surface area contributed by atoms with Gasteiger partial charge in [-0.15, -0.1) is 0 Å². The number of anilines is 1. The highest BCUT2D eigenvalue weighted by molar-refractivity contribution is 7.09. The summed E-state index contributed by atoms with van der Waals surface area (Å²) in [5, 5.41) is 6.77. The fraction of sp³-hybridized carbons (Fsp3) is 0.700. The van der Waals surface area contributed by atoms with Crippen molar-refractivity contribution in [2.45, 2.75) is 27.2 Å². The molecule has 0 saturated heterocycles. The Hall–Kier alpha value is -1.17. The molecule has 5 nitrogen and oxygen atoms in total. The second-order valence-corrected chi connectivity index (χ2v) is 4.49. The maximum Gasteiger partial charge on any atom is 0.222 e. The Morgan fingerprint density at radius 1 is 1.44 bits per heavy atom. The Balaban J connectivity index is 2.18. The van der Waals surface area contributed by atoms with E-state index in [1.807, 2.05) is 20.8 Å². The molecule has 0 aliphatic carbocycles. The van der Waals surface area contributed by atoms with E-state index >= 15 is 0 Å². The maximum absolute atomic E-state index is 11.2. The number of aryl methyl sites for hydroxylation is 1. The Labute approximate surface area is 99.8 Å². The van der Waals surface area contributed by atoms with Crippen LogP contribution in [0.4, 0.5) is 5.13 Å². The standard InChI is InChI=1S/C10H18N4OS/c1-4-8-13-10(16-14-8)12-6-5-11-9(15)7(2)3/h7H,4-6H2,1-3H3,(H,11,15)(H,12,13,14). The second-order valence-electron chi connectivity index (χ2n) is 3.74. The van der Waals surface area contributed by atoms with Crippen LogP contribution in [0.2, 0.25) is 0 Å². The summed E-state index contributed by atoms with van der Waals surface area (Å²) in [7, 11) is 0. The van der Waals surface area contributed by atoms with Crippen LogP contribution in [0.1, 0.15) is 26.6 Å². The van der Waals surface area contributed by atoms with Crippen LogP contribution in [-0.2, 0) is 11.2 Å². The van der Waals surface area contributed by atoms with Gasteiger partial charge in [0.05, 0.1) is 0 Å². The van der Waals surface area contributed by atoms with E-state index in [0.717, 1.165) is 17.4 Å². The largest absolute Gasteiger partial charge is 0.359 e. The van der Waals surface area contributed by atoms with Crippen molar-refractivity contribution in [2.75, 3.05) is 18.4 Å². The Bertz CT molecular complexity index is 337. The molecule has 1 aromatic heterocycles. The van der Waals surface area contributed by atoms with Gasteiger partial charge in [-0.05, 0) is 0 Å². The van der Waals surface area contributed by atoms with E-state index in [4.69, 9.17) is 0 Å². The average molecular weight is 242 g/mol. The van der Waals surface area contributed by atoms with E-state index in [0.29, 0.717) is 13.1 Å². The molecule has 90 valence electrons. The summed E-state index contributed by atoms with van der Waals surface area (Å²) in [5.41, 5.74) is 0. The Morgan fingerprint density at radius 3 is 2.75 bits per heavy atom. The molecule has 6 heteroatoms. The first-order chi connectivity index (χ1) is 7.63. The molecule has 16 heavy (non-hydrogen) atoms. The summed E-state index contributed by atoms with van der Waals surface area (Å²) >= 11 is 1.35. The minimum Gasteiger partial charge on any atom is -0.359 e. The Kier molecular flexibility index (Phi) is 5.18. The first kappa shape index (κ1) is 12.9. The van der Waals surface area contributed by atoms with Crippen LogP contribution in [0.5, 0.6) is 0 Å². The maximum atomic E-state index is 11.2. The van der Waals surface area contributed by atoms with Gasteiger partial charge in [0.25, 0.3) is 0 Å². The van der Waals surface area contributed by atoms with Crippen LogP contribution in [0.3, 0.4) is 0 Å². The van der Waals surface area contributed by atoms with Gasteiger partial charge in [0.2, 0.25) is 11.0 Å². The molecular formula is C10H18N4OS. The molecule has 0 aliphatic rings. The molecular weight excluding hydrogens is 224 g/mol. The van der Waals surface area contributed by atoms with Gasteiger partial charge in [-0.1, -0.05) is 20.8 Å². The molecule has 1 rings (SSSR count). The summed E-state index contributed by atoms with van der Waals surface area (Å²) in [6.45, 7) is 7.06. The van der Waals surface area contributed by atoms with Crippen LogP contribution in [0, 0.1) is 5.92 Å². The van der Waals surface area contributed by atoms with Crippen molar-refractivity contribution < 1.29 is 4.79 Å². The average Bonchev–Trinajstić information content (AvgIpc) is 2.71. The third-order valence-electron chi connectivity index (χ3n) is 2.01. The van der Waals surface area contributed by atoms with E-state index in [-0.39, 0.29) is 11.8 Å². The van der Waals surface area contributed by atoms with Crippen molar-refractivity contribution in [1.29, 1.82) is 0 Å². The highest BCUT2D eigenvalue weighted by atomic mass is 32.1. The lowest BCUT2D eigenvalue weighted by Gasteiger charge is -2.07. The SMILES string of the molecule is CCc1nsc(NCCNC(=O)C(C)C)n1. The second kappa shape index (κ2) is 6.42. The molecule has 0 atom stereocenters. The molecule has 0 saturated carbocycles. The highest BCUT2D eigenvalue weighted by Gasteiger charge is 2.05. The van der Waals surface area contributed by atoms with Crippen LogP contribution in [-0.4, -0.2) is 28.4 Å². The zero-order valence-corrected chi connectivity index (χ0v) is 10.7. The predicted octanol–water partition coefficient (Wildman–Crippen LogP) is 1.28. The third kappa shape index (κ3) is 4.14. The molecule has 0 fully saturated rings. The number of carbonyl (C=O) groups is 1.